The van der Waals surface area contributed by atoms with E-state index in [-0.39, 0.29) is 34.5 Å². The molecule has 170 valence electrons. The average molecular weight is 531 g/mol. The van der Waals surface area contributed by atoms with Crippen molar-refractivity contribution in [2.75, 3.05) is 18.5 Å². The van der Waals surface area contributed by atoms with E-state index < -0.39 is 30.5 Å². The number of halogens is 4. The fourth-order valence-electron chi connectivity index (χ4n) is 2.97. The van der Waals surface area contributed by atoms with Crippen LogP contribution >= 0.6 is 23.5 Å². The third-order valence-electron chi connectivity index (χ3n) is 4.39. The number of nitrogens with one attached hydrogen (secondary N) is 1. The van der Waals surface area contributed by atoms with Crippen LogP contribution < -0.4 is 5.32 Å². The number of hydrogen-bond donors (Lipinski definition) is 1. The van der Waals surface area contributed by atoms with Crippen molar-refractivity contribution in [1.29, 1.82) is 0 Å². The van der Waals surface area contributed by atoms with E-state index in [0.29, 0.717) is 5.39 Å². The van der Waals surface area contributed by atoms with Gasteiger partial charge in [0.2, 0.25) is 0 Å². The number of benzene rings is 2. The molecular formula is C21H19BrF3N2O4P. The lowest BCUT2D eigenvalue weighted by Crippen LogP contribution is -2.19. The maximum Gasteiger partial charge on any atom is 0.404 e. The topological polar surface area (TPSA) is 77.5 Å². The summed E-state index contributed by atoms with van der Waals surface area (Å²) < 4.78 is 66.4. The highest BCUT2D eigenvalue weighted by Crippen LogP contribution is 2.67. The highest BCUT2D eigenvalue weighted by molar-refractivity contribution is 9.10. The van der Waals surface area contributed by atoms with Gasteiger partial charge in [0.15, 0.2) is 0 Å². The zero-order valence-corrected chi connectivity index (χ0v) is 19.6. The number of fused-ring (bicyclic) bond motifs is 1. The Morgan fingerprint density at radius 1 is 1.12 bits per heavy atom. The summed E-state index contributed by atoms with van der Waals surface area (Å²) in [7, 11) is -4.82. The summed E-state index contributed by atoms with van der Waals surface area (Å²) in [6, 6.07) is 9.08. The fourth-order valence-corrected chi connectivity index (χ4v) is 5.29. The molecule has 0 saturated carbocycles. The van der Waals surface area contributed by atoms with Crippen molar-refractivity contribution in [3.05, 3.63) is 70.2 Å². The maximum absolute atomic E-state index is 15.3. The number of carbonyl (C=O) groups excluding carboxylic acids is 1. The number of anilines is 1. The largest absolute Gasteiger partial charge is 0.404 e. The van der Waals surface area contributed by atoms with E-state index in [4.69, 9.17) is 9.05 Å². The van der Waals surface area contributed by atoms with E-state index in [0.717, 1.165) is 12.1 Å². The van der Waals surface area contributed by atoms with Gasteiger partial charge in [0.25, 0.3) is 5.91 Å². The third-order valence-corrected chi connectivity index (χ3v) is 7.17. The normalized spacial score (nSPS) is 12.2. The Kier molecular flexibility index (Phi) is 7.39. The van der Waals surface area contributed by atoms with Crippen LogP contribution in [0.25, 0.3) is 10.8 Å². The molecule has 0 aliphatic heterocycles. The summed E-state index contributed by atoms with van der Waals surface area (Å²) in [5.41, 5.74) is -4.43. The minimum absolute atomic E-state index is 0.0200. The van der Waals surface area contributed by atoms with Crippen LogP contribution in [0.4, 0.5) is 18.9 Å². The molecule has 1 heterocycles. The number of alkyl halides is 2. The van der Waals surface area contributed by atoms with Crippen LogP contribution in [-0.4, -0.2) is 24.1 Å². The monoisotopic (exact) mass is 530 g/mol. The molecule has 0 radical (unpaired) electrons. The number of aromatic nitrogens is 1. The zero-order chi connectivity index (χ0) is 23.5. The summed E-state index contributed by atoms with van der Waals surface area (Å²) in [6.45, 7) is 2.41. The van der Waals surface area contributed by atoms with Crippen LogP contribution in [0.1, 0.15) is 29.9 Å². The molecule has 2 aromatic carbocycles. The van der Waals surface area contributed by atoms with Gasteiger partial charge in [-0.3, -0.25) is 14.3 Å². The first-order valence-corrected chi connectivity index (χ1v) is 11.9. The van der Waals surface area contributed by atoms with Crippen LogP contribution in [-0.2, 0) is 19.3 Å². The molecule has 0 saturated heterocycles. The number of rotatable bonds is 8. The van der Waals surface area contributed by atoms with Crippen molar-refractivity contribution in [2.45, 2.75) is 19.5 Å². The Labute approximate surface area is 190 Å². The molecule has 0 aliphatic carbocycles. The van der Waals surface area contributed by atoms with E-state index in [1.807, 2.05) is 0 Å². The first kappa shape index (κ1) is 24.4. The number of pyridine rings is 1. The smallest absolute Gasteiger partial charge is 0.321 e. The van der Waals surface area contributed by atoms with Gasteiger partial charge in [-0.1, -0.05) is 22.0 Å². The van der Waals surface area contributed by atoms with Crippen molar-refractivity contribution in [3.8, 4) is 0 Å². The molecule has 0 fully saturated rings. The van der Waals surface area contributed by atoms with Crippen molar-refractivity contribution in [3.63, 3.8) is 0 Å². The van der Waals surface area contributed by atoms with E-state index in [1.54, 1.807) is 0 Å². The molecule has 1 amide bonds. The Morgan fingerprint density at radius 3 is 2.44 bits per heavy atom. The number of nitrogens with zero attached hydrogens (tertiary/aromatic N) is 1. The summed E-state index contributed by atoms with van der Waals surface area (Å²) in [5, 5.41) is 3.21. The van der Waals surface area contributed by atoms with Crippen LogP contribution in [0.3, 0.4) is 0 Å². The van der Waals surface area contributed by atoms with Crippen LogP contribution in [0.2, 0.25) is 0 Å². The van der Waals surface area contributed by atoms with Gasteiger partial charge >= 0.3 is 13.3 Å². The van der Waals surface area contributed by atoms with Crippen molar-refractivity contribution in [2.24, 2.45) is 0 Å². The van der Waals surface area contributed by atoms with E-state index >= 15 is 8.78 Å². The predicted molar refractivity (Wildman–Crippen MR) is 119 cm³/mol. The predicted octanol–water partition coefficient (Wildman–Crippen LogP) is 6.70. The van der Waals surface area contributed by atoms with Gasteiger partial charge in [-0.2, -0.15) is 8.78 Å². The molecule has 0 atom stereocenters. The average Bonchev–Trinajstić information content (AvgIpc) is 2.73. The number of hydrogen-bond acceptors (Lipinski definition) is 5. The standard InChI is InChI=1S/C21H19BrF3N2O4P/c1-3-30-32(29,31-4-2)21(24,25)17-8-13-10-19(26-12-14(13)9-18(17)22)20(28)27-16-7-5-6-15(23)11-16/h5-12H,3-4H2,1-2H3,(H,27,28). The maximum atomic E-state index is 15.3. The first-order valence-electron chi connectivity index (χ1n) is 9.55. The summed E-state index contributed by atoms with van der Waals surface area (Å²) in [5.74, 6) is -1.18. The SMILES string of the molecule is CCOP(=O)(OCC)C(F)(F)c1cc2cc(C(=O)Nc3cccc(F)c3)ncc2cc1Br. The molecule has 6 nitrogen and oxygen atoms in total. The van der Waals surface area contributed by atoms with Gasteiger partial charge in [0.05, 0.1) is 13.2 Å². The second kappa shape index (κ2) is 9.70. The second-order valence-corrected chi connectivity index (χ2v) is 9.51. The molecule has 0 aliphatic rings. The molecule has 0 bridgehead atoms. The molecular weight excluding hydrogens is 512 g/mol. The van der Waals surface area contributed by atoms with Crippen LogP contribution in [0.15, 0.2) is 53.1 Å². The molecule has 0 unspecified atom stereocenters. The minimum Gasteiger partial charge on any atom is -0.321 e. The van der Waals surface area contributed by atoms with Gasteiger partial charge in [0, 0.05) is 27.3 Å². The highest BCUT2D eigenvalue weighted by atomic mass is 79.9. The minimum atomic E-state index is -4.82. The Balaban J connectivity index is 2.02. The highest BCUT2D eigenvalue weighted by Gasteiger charge is 2.55. The fraction of sp³-hybridized carbons (Fsp3) is 0.238. The molecule has 0 spiro atoms. The lowest BCUT2D eigenvalue weighted by molar-refractivity contribution is 0.0356. The van der Waals surface area contributed by atoms with Gasteiger partial charge in [0.1, 0.15) is 11.5 Å². The van der Waals surface area contributed by atoms with Crippen molar-refractivity contribution < 1.29 is 31.6 Å². The summed E-state index contributed by atoms with van der Waals surface area (Å²) >= 11 is 3.09. The quantitative estimate of drug-likeness (QED) is 0.327. The van der Waals surface area contributed by atoms with Crippen molar-refractivity contribution >= 4 is 45.9 Å². The van der Waals surface area contributed by atoms with Crippen LogP contribution in [0, 0.1) is 5.82 Å². The van der Waals surface area contributed by atoms with Gasteiger partial charge < -0.3 is 14.4 Å². The third kappa shape index (κ3) is 4.88. The van der Waals surface area contributed by atoms with E-state index in [9.17, 15) is 13.8 Å². The van der Waals surface area contributed by atoms with E-state index in [2.05, 4.69) is 26.2 Å². The lowest BCUT2D eigenvalue weighted by atomic mass is 10.1. The molecule has 3 aromatic rings. The van der Waals surface area contributed by atoms with E-state index in [1.165, 1.54) is 50.4 Å². The molecule has 3 rings (SSSR count). The second-order valence-electron chi connectivity index (χ2n) is 6.59. The Morgan fingerprint density at radius 2 is 1.81 bits per heavy atom. The van der Waals surface area contributed by atoms with Gasteiger partial charge in [-0.05, 0) is 55.6 Å². The Bertz CT molecular complexity index is 1200. The molecule has 32 heavy (non-hydrogen) atoms. The molecule has 11 heteroatoms. The van der Waals surface area contributed by atoms with Crippen molar-refractivity contribution in [1.82, 2.24) is 4.98 Å². The number of amides is 1. The zero-order valence-electron chi connectivity index (χ0n) is 17.1. The summed E-state index contributed by atoms with van der Waals surface area (Å²) in [4.78, 5) is 16.6. The molecule has 1 aromatic heterocycles. The van der Waals surface area contributed by atoms with Crippen LogP contribution in [0.5, 0.6) is 0 Å². The first-order chi connectivity index (χ1) is 15.1. The Hall–Kier alpha value is -2.26. The van der Waals surface area contributed by atoms with Gasteiger partial charge in [-0.25, -0.2) is 4.39 Å². The molecule has 1 N–H and O–H groups in total. The summed E-state index contributed by atoms with van der Waals surface area (Å²) in [6.07, 6.45) is 1.34. The lowest BCUT2D eigenvalue weighted by Gasteiger charge is -2.27. The van der Waals surface area contributed by atoms with Gasteiger partial charge in [-0.15, -0.1) is 0 Å². The number of carbonyl (C=O) groups is 1.